The minimum absolute atomic E-state index is 0.0870. The number of aromatic nitrogens is 2. The van der Waals surface area contributed by atoms with Crippen LogP contribution in [0.15, 0.2) is 57.7 Å². The molecule has 0 saturated heterocycles. The molecule has 0 saturated carbocycles. The lowest BCUT2D eigenvalue weighted by Gasteiger charge is -2.07. The fraction of sp³-hybridized carbons (Fsp3) is 0.158. The van der Waals surface area contributed by atoms with Gasteiger partial charge in [0.1, 0.15) is 6.54 Å². The van der Waals surface area contributed by atoms with E-state index in [4.69, 9.17) is 18.6 Å². The first-order valence-corrected chi connectivity index (χ1v) is 8.57. The van der Waals surface area contributed by atoms with Crippen molar-refractivity contribution in [1.29, 1.82) is 0 Å². The zero-order valence-corrected chi connectivity index (χ0v) is 15.0. The molecule has 2 heterocycles. The lowest BCUT2D eigenvalue weighted by Crippen LogP contribution is -2.26. The fourth-order valence-electron chi connectivity index (χ4n) is 2.59. The lowest BCUT2D eigenvalue weighted by atomic mass is 10.2. The minimum Gasteiger partial charge on any atom is -0.454 e. The summed E-state index contributed by atoms with van der Waals surface area (Å²) >= 11 is 0. The molecule has 1 N–H and O–H groups in total. The van der Waals surface area contributed by atoms with Crippen LogP contribution in [0.1, 0.15) is 0 Å². The third kappa shape index (κ3) is 4.26. The molecule has 0 fully saturated rings. The van der Waals surface area contributed by atoms with E-state index >= 15 is 0 Å². The summed E-state index contributed by atoms with van der Waals surface area (Å²) in [5.41, 5.74) is 1.07. The highest BCUT2D eigenvalue weighted by Gasteiger charge is 2.16. The standard InChI is InChI=1S/C19H15N3O7/c23-16(20-13-6-7-14-15(8-13)28-11-27-14)10-26-17(24)9-22-19(25)29-18(21-22)12-4-2-1-3-5-12/h1-8H,9-11H2,(H,20,23). The third-order valence-corrected chi connectivity index (χ3v) is 3.93. The van der Waals surface area contributed by atoms with Crippen LogP contribution in [0, 0.1) is 0 Å². The third-order valence-electron chi connectivity index (χ3n) is 3.93. The summed E-state index contributed by atoms with van der Waals surface area (Å²) in [6, 6.07) is 13.7. The van der Waals surface area contributed by atoms with E-state index in [2.05, 4.69) is 10.4 Å². The molecule has 0 unspecified atom stereocenters. The van der Waals surface area contributed by atoms with Crippen molar-refractivity contribution in [3.63, 3.8) is 0 Å². The Morgan fingerprint density at radius 2 is 1.90 bits per heavy atom. The summed E-state index contributed by atoms with van der Waals surface area (Å²) in [5, 5.41) is 6.53. The Balaban J connectivity index is 1.30. The van der Waals surface area contributed by atoms with Crippen LogP contribution in [0.2, 0.25) is 0 Å². The van der Waals surface area contributed by atoms with E-state index in [0.717, 1.165) is 4.68 Å². The van der Waals surface area contributed by atoms with Crippen molar-refractivity contribution in [3.8, 4) is 23.0 Å². The van der Waals surface area contributed by atoms with Crippen LogP contribution >= 0.6 is 0 Å². The number of hydrogen-bond donors (Lipinski definition) is 1. The van der Waals surface area contributed by atoms with E-state index in [-0.39, 0.29) is 12.7 Å². The van der Waals surface area contributed by atoms with Crippen molar-refractivity contribution in [2.45, 2.75) is 6.54 Å². The molecular weight excluding hydrogens is 382 g/mol. The number of nitrogens with one attached hydrogen (secondary N) is 1. The fourth-order valence-corrected chi connectivity index (χ4v) is 2.59. The Morgan fingerprint density at radius 3 is 2.72 bits per heavy atom. The smallest absolute Gasteiger partial charge is 0.437 e. The predicted octanol–water partition coefficient (Wildman–Crippen LogP) is 1.41. The normalized spacial score (nSPS) is 11.9. The first-order valence-electron chi connectivity index (χ1n) is 8.57. The Hall–Kier alpha value is -4.08. The van der Waals surface area contributed by atoms with Gasteiger partial charge in [-0.25, -0.2) is 4.79 Å². The molecule has 0 aliphatic carbocycles. The molecule has 1 amide bonds. The molecular formula is C19H15N3O7. The van der Waals surface area contributed by atoms with Gasteiger partial charge in [0.05, 0.1) is 0 Å². The number of carbonyl (C=O) groups excluding carboxylic acids is 2. The summed E-state index contributed by atoms with van der Waals surface area (Å²) in [6.45, 7) is -0.879. The van der Waals surface area contributed by atoms with Gasteiger partial charge in [-0.2, -0.15) is 4.68 Å². The van der Waals surface area contributed by atoms with E-state index < -0.39 is 30.8 Å². The van der Waals surface area contributed by atoms with Gasteiger partial charge < -0.3 is 23.9 Å². The summed E-state index contributed by atoms with van der Waals surface area (Å²) in [4.78, 5) is 35.7. The van der Waals surface area contributed by atoms with E-state index in [9.17, 15) is 14.4 Å². The molecule has 2 aromatic carbocycles. The zero-order chi connectivity index (χ0) is 20.2. The Bertz CT molecular complexity index is 1100. The van der Waals surface area contributed by atoms with Crippen LogP contribution in [-0.4, -0.2) is 35.1 Å². The second kappa shape index (κ2) is 7.89. The SMILES string of the molecule is O=C(COC(=O)Cn1nc(-c2ccccc2)oc1=O)Nc1ccc2c(c1)OCO2. The van der Waals surface area contributed by atoms with Crippen LogP contribution in [0.4, 0.5) is 5.69 Å². The zero-order valence-electron chi connectivity index (χ0n) is 15.0. The topological polar surface area (TPSA) is 122 Å². The molecule has 1 aliphatic heterocycles. The van der Waals surface area contributed by atoms with E-state index in [1.165, 1.54) is 0 Å². The number of anilines is 1. The van der Waals surface area contributed by atoms with Gasteiger partial charge in [-0.3, -0.25) is 9.59 Å². The van der Waals surface area contributed by atoms with Crippen molar-refractivity contribution in [2.75, 3.05) is 18.7 Å². The molecule has 4 rings (SSSR count). The van der Waals surface area contributed by atoms with Crippen LogP contribution in [0.5, 0.6) is 11.5 Å². The largest absolute Gasteiger partial charge is 0.454 e. The number of rotatable bonds is 6. The molecule has 1 aromatic heterocycles. The number of fused-ring (bicyclic) bond motifs is 1. The predicted molar refractivity (Wildman–Crippen MR) is 98.4 cm³/mol. The average Bonchev–Trinajstić information content (AvgIpc) is 3.33. The van der Waals surface area contributed by atoms with Crippen LogP contribution < -0.4 is 20.5 Å². The lowest BCUT2D eigenvalue weighted by molar-refractivity contribution is -0.148. The molecule has 148 valence electrons. The number of carbonyl (C=O) groups is 2. The number of esters is 1. The number of hydrogen-bond acceptors (Lipinski definition) is 8. The maximum atomic E-state index is 12.0. The maximum Gasteiger partial charge on any atom is 0.437 e. The van der Waals surface area contributed by atoms with Crippen LogP contribution in [0.25, 0.3) is 11.5 Å². The van der Waals surface area contributed by atoms with Gasteiger partial charge in [-0.05, 0) is 24.3 Å². The minimum atomic E-state index is -0.805. The Morgan fingerprint density at radius 1 is 1.10 bits per heavy atom. The summed E-state index contributed by atoms with van der Waals surface area (Å²) in [7, 11) is 0. The molecule has 29 heavy (non-hydrogen) atoms. The van der Waals surface area contributed by atoms with Crippen molar-refractivity contribution in [1.82, 2.24) is 9.78 Å². The van der Waals surface area contributed by atoms with Crippen LogP contribution in [0.3, 0.4) is 0 Å². The quantitative estimate of drug-likeness (QED) is 0.620. The van der Waals surface area contributed by atoms with Gasteiger partial charge >= 0.3 is 11.7 Å². The number of benzene rings is 2. The number of nitrogens with zero attached hydrogens (tertiary/aromatic N) is 2. The van der Waals surface area contributed by atoms with Crippen molar-refractivity contribution in [3.05, 3.63) is 59.1 Å². The number of amides is 1. The summed E-state index contributed by atoms with van der Waals surface area (Å²) < 4.78 is 21.2. The summed E-state index contributed by atoms with van der Waals surface area (Å²) in [5.74, 6) is -0.966. The molecule has 3 aromatic rings. The monoisotopic (exact) mass is 397 g/mol. The van der Waals surface area contributed by atoms with Crippen molar-refractivity contribution in [2.24, 2.45) is 0 Å². The molecule has 1 aliphatic rings. The average molecular weight is 397 g/mol. The van der Waals surface area contributed by atoms with Gasteiger partial charge in [-0.1, -0.05) is 18.2 Å². The highest BCUT2D eigenvalue weighted by Crippen LogP contribution is 2.34. The van der Waals surface area contributed by atoms with Gasteiger partial charge in [-0.15, -0.1) is 5.10 Å². The molecule has 0 spiro atoms. The van der Waals surface area contributed by atoms with E-state index in [0.29, 0.717) is 22.7 Å². The molecule has 0 radical (unpaired) electrons. The summed E-state index contributed by atoms with van der Waals surface area (Å²) in [6.07, 6.45) is 0. The second-order valence-electron chi connectivity index (χ2n) is 5.97. The maximum absolute atomic E-state index is 12.0. The van der Waals surface area contributed by atoms with Gasteiger partial charge in [0.25, 0.3) is 5.91 Å². The van der Waals surface area contributed by atoms with Crippen LogP contribution in [-0.2, 0) is 20.9 Å². The highest BCUT2D eigenvalue weighted by molar-refractivity contribution is 5.93. The highest BCUT2D eigenvalue weighted by atomic mass is 16.7. The van der Waals surface area contributed by atoms with Gasteiger partial charge in [0.15, 0.2) is 18.1 Å². The molecule has 0 bridgehead atoms. The van der Waals surface area contributed by atoms with Gasteiger partial charge in [0.2, 0.25) is 12.7 Å². The molecule has 10 heteroatoms. The first-order chi connectivity index (χ1) is 14.1. The van der Waals surface area contributed by atoms with Crippen molar-refractivity contribution < 1.29 is 28.2 Å². The first kappa shape index (κ1) is 18.3. The van der Waals surface area contributed by atoms with E-state index in [1.807, 2.05) is 6.07 Å². The second-order valence-corrected chi connectivity index (χ2v) is 5.97. The van der Waals surface area contributed by atoms with Crippen molar-refractivity contribution >= 4 is 17.6 Å². The van der Waals surface area contributed by atoms with Gasteiger partial charge in [0, 0.05) is 17.3 Å². The Kier molecular flexibility index (Phi) is 4.97. The molecule has 10 nitrogen and oxygen atoms in total. The number of ether oxygens (including phenoxy) is 3. The Labute approximate surface area is 163 Å². The molecule has 0 atom stereocenters. The van der Waals surface area contributed by atoms with E-state index in [1.54, 1.807) is 42.5 Å².